The number of halogens is 1. The standard InChI is InChI=1S/C10H17ClO3/c1-8(2)9(12)14-10(3,4)5-6-13-7-11/h1,5-7H2,2-4H3. The number of ether oxygens (including phenoxy) is 2. The van der Waals surface area contributed by atoms with Crippen LogP contribution in [0.4, 0.5) is 0 Å². The van der Waals surface area contributed by atoms with E-state index in [0.717, 1.165) is 0 Å². The molecule has 0 saturated heterocycles. The lowest BCUT2D eigenvalue weighted by atomic mass is 10.1. The van der Waals surface area contributed by atoms with E-state index in [9.17, 15) is 4.79 Å². The maximum Gasteiger partial charge on any atom is 0.333 e. The van der Waals surface area contributed by atoms with Crippen molar-refractivity contribution in [3.63, 3.8) is 0 Å². The Kier molecular flexibility index (Phi) is 5.81. The summed E-state index contributed by atoms with van der Waals surface area (Å²) in [6.45, 7) is 9.25. The molecular formula is C10H17ClO3. The van der Waals surface area contributed by atoms with Gasteiger partial charge in [0.25, 0.3) is 0 Å². The van der Waals surface area contributed by atoms with Crippen LogP contribution in [0, 0.1) is 0 Å². The van der Waals surface area contributed by atoms with Crippen LogP contribution in [-0.2, 0) is 14.3 Å². The fourth-order valence-electron chi connectivity index (χ4n) is 0.762. The molecule has 14 heavy (non-hydrogen) atoms. The highest BCUT2D eigenvalue weighted by Crippen LogP contribution is 2.16. The van der Waals surface area contributed by atoms with Crippen LogP contribution in [0.1, 0.15) is 27.2 Å². The molecule has 0 aromatic rings. The van der Waals surface area contributed by atoms with Crippen LogP contribution in [0.5, 0.6) is 0 Å². The molecule has 0 amide bonds. The Labute approximate surface area is 90.0 Å². The molecule has 0 bridgehead atoms. The molecule has 0 unspecified atom stereocenters. The van der Waals surface area contributed by atoms with E-state index in [0.29, 0.717) is 18.6 Å². The lowest BCUT2D eigenvalue weighted by molar-refractivity contribution is -0.152. The maximum atomic E-state index is 11.2. The van der Waals surface area contributed by atoms with E-state index in [4.69, 9.17) is 21.1 Å². The predicted octanol–water partition coefficient (Wildman–Crippen LogP) is 2.49. The monoisotopic (exact) mass is 220 g/mol. The molecule has 0 rings (SSSR count). The molecule has 0 radical (unpaired) electrons. The van der Waals surface area contributed by atoms with E-state index >= 15 is 0 Å². The number of carbonyl (C=O) groups excluding carboxylic acids is 1. The minimum Gasteiger partial charge on any atom is -0.456 e. The van der Waals surface area contributed by atoms with Gasteiger partial charge in [-0.3, -0.25) is 0 Å². The second kappa shape index (κ2) is 6.04. The first-order valence-corrected chi connectivity index (χ1v) is 4.95. The third-order valence-corrected chi connectivity index (χ3v) is 1.80. The van der Waals surface area contributed by atoms with Crippen LogP contribution in [0.25, 0.3) is 0 Å². The van der Waals surface area contributed by atoms with Gasteiger partial charge < -0.3 is 9.47 Å². The summed E-state index contributed by atoms with van der Waals surface area (Å²) in [6.07, 6.45) is 0.610. The second-order valence-corrected chi connectivity index (χ2v) is 3.92. The molecule has 0 N–H and O–H groups in total. The first-order chi connectivity index (χ1) is 6.39. The molecule has 0 heterocycles. The molecule has 82 valence electrons. The van der Waals surface area contributed by atoms with Gasteiger partial charge in [0.15, 0.2) is 0 Å². The van der Waals surface area contributed by atoms with E-state index in [-0.39, 0.29) is 12.0 Å². The van der Waals surface area contributed by atoms with Crippen LogP contribution in [0.2, 0.25) is 0 Å². The molecule has 0 spiro atoms. The molecule has 0 aliphatic heterocycles. The molecular weight excluding hydrogens is 204 g/mol. The molecule has 0 saturated carbocycles. The fraction of sp³-hybridized carbons (Fsp3) is 0.700. The Morgan fingerprint density at radius 2 is 2.07 bits per heavy atom. The van der Waals surface area contributed by atoms with Gasteiger partial charge in [0.2, 0.25) is 0 Å². The van der Waals surface area contributed by atoms with Gasteiger partial charge in [-0.1, -0.05) is 18.2 Å². The van der Waals surface area contributed by atoms with Gasteiger partial charge in [-0.25, -0.2) is 4.79 Å². The smallest absolute Gasteiger partial charge is 0.333 e. The molecule has 0 aliphatic carbocycles. The first kappa shape index (κ1) is 13.5. The van der Waals surface area contributed by atoms with E-state index in [1.807, 2.05) is 13.8 Å². The zero-order valence-corrected chi connectivity index (χ0v) is 9.69. The van der Waals surface area contributed by atoms with Gasteiger partial charge in [0.05, 0.1) is 6.61 Å². The lowest BCUT2D eigenvalue weighted by Gasteiger charge is -2.24. The van der Waals surface area contributed by atoms with Crippen LogP contribution >= 0.6 is 11.6 Å². The number of carbonyl (C=O) groups is 1. The zero-order chi connectivity index (χ0) is 11.2. The summed E-state index contributed by atoms with van der Waals surface area (Å²) in [5.74, 6) is -0.374. The van der Waals surface area contributed by atoms with Crippen molar-refractivity contribution < 1.29 is 14.3 Å². The van der Waals surface area contributed by atoms with Gasteiger partial charge in [-0.05, 0) is 20.8 Å². The minimum absolute atomic E-state index is 0.157. The van der Waals surface area contributed by atoms with E-state index in [2.05, 4.69) is 6.58 Å². The van der Waals surface area contributed by atoms with Crippen molar-refractivity contribution in [3.8, 4) is 0 Å². The van der Waals surface area contributed by atoms with Crippen molar-refractivity contribution in [1.29, 1.82) is 0 Å². The summed E-state index contributed by atoms with van der Waals surface area (Å²) >= 11 is 5.34. The summed E-state index contributed by atoms with van der Waals surface area (Å²) in [6, 6.07) is 0.157. The Balaban J connectivity index is 3.93. The van der Waals surface area contributed by atoms with Crippen molar-refractivity contribution in [2.45, 2.75) is 32.8 Å². The highest BCUT2D eigenvalue weighted by Gasteiger charge is 2.22. The summed E-state index contributed by atoms with van der Waals surface area (Å²) in [5, 5.41) is 0. The Hall–Kier alpha value is -0.540. The Morgan fingerprint density at radius 3 is 2.50 bits per heavy atom. The average molecular weight is 221 g/mol. The molecule has 0 aromatic carbocycles. The highest BCUT2D eigenvalue weighted by atomic mass is 35.5. The van der Waals surface area contributed by atoms with Gasteiger partial charge in [-0.15, -0.1) is 0 Å². The second-order valence-electron chi connectivity index (χ2n) is 3.70. The summed E-state index contributed by atoms with van der Waals surface area (Å²) in [5.41, 5.74) is -0.140. The fourth-order valence-corrected chi connectivity index (χ4v) is 0.871. The lowest BCUT2D eigenvalue weighted by Crippen LogP contribution is -2.29. The van der Waals surface area contributed by atoms with Gasteiger partial charge in [0.1, 0.15) is 11.7 Å². The SMILES string of the molecule is C=C(C)C(=O)OC(C)(C)CCOCCl. The first-order valence-electron chi connectivity index (χ1n) is 4.41. The largest absolute Gasteiger partial charge is 0.456 e. The molecule has 3 nitrogen and oxygen atoms in total. The van der Waals surface area contributed by atoms with E-state index in [1.165, 1.54) is 0 Å². The molecule has 0 aliphatic rings. The molecule has 0 atom stereocenters. The number of hydrogen-bond acceptors (Lipinski definition) is 3. The normalized spacial score (nSPS) is 11.1. The quantitative estimate of drug-likeness (QED) is 0.299. The van der Waals surface area contributed by atoms with E-state index in [1.54, 1.807) is 6.92 Å². The van der Waals surface area contributed by atoms with Crippen molar-refractivity contribution >= 4 is 17.6 Å². The third kappa shape index (κ3) is 6.00. The number of hydrogen-bond donors (Lipinski definition) is 0. The summed E-state index contributed by atoms with van der Waals surface area (Å²) in [4.78, 5) is 11.2. The highest BCUT2D eigenvalue weighted by molar-refractivity contribution is 6.17. The predicted molar refractivity (Wildman–Crippen MR) is 56.3 cm³/mol. The van der Waals surface area contributed by atoms with E-state index < -0.39 is 5.60 Å². The van der Waals surface area contributed by atoms with Gasteiger partial charge >= 0.3 is 5.97 Å². The van der Waals surface area contributed by atoms with Gasteiger partial charge in [0, 0.05) is 12.0 Å². The Bertz CT molecular complexity index is 211. The topological polar surface area (TPSA) is 35.5 Å². The van der Waals surface area contributed by atoms with Crippen molar-refractivity contribution in [1.82, 2.24) is 0 Å². The number of alkyl halides is 1. The molecule has 4 heteroatoms. The molecule has 0 aromatic heterocycles. The van der Waals surface area contributed by atoms with Crippen LogP contribution in [0.3, 0.4) is 0 Å². The van der Waals surface area contributed by atoms with Crippen molar-refractivity contribution in [3.05, 3.63) is 12.2 Å². The Morgan fingerprint density at radius 1 is 1.50 bits per heavy atom. The third-order valence-electron chi connectivity index (χ3n) is 1.64. The minimum atomic E-state index is -0.540. The number of esters is 1. The van der Waals surface area contributed by atoms with Crippen molar-refractivity contribution in [2.24, 2.45) is 0 Å². The van der Waals surface area contributed by atoms with Crippen molar-refractivity contribution in [2.75, 3.05) is 12.7 Å². The average Bonchev–Trinajstić information content (AvgIpc) is 2.03. The number of rotatable bonds is 6. The summed E-state index contributed by atoms with van der Waals surface area (Å²) < 4.78 is 10.1. The zero-order valence-electron chi connectivity index (χ0n) is 8.93. The van der Waals surface area contributed by atoms with Crippen LogP contribution in [-0.4, -0.2) is 24.2 Å². The van der Waals surface area contributed by atoms with Gasteiger partial charge in [-0.2, -0.15) is 0 Å². The maximum absolute atomic E-state index is 11.2. The summed E-state index contributed by atoms with van der Waals surface area (Å²) in [7, 11) is 0. The van der Waals surface area contributed by atoms with Crippen LogP contribution in [0.15, 0.2) is 12.2 Å². The molecule has 0 fully saturated rings. The van der Waals surface area contributed by atoms with Crippen LogP contribution < -0.4 is 0 Å².